The molecule has 0 bridgehead atoms. The van der Waals surface area contributed by atoms with Gasteiger partial charge in [0.1, 0.15) is 0 Å². The highest BCUT2D eigenvalue weighted by molar-refractivity contribution is 7.89. The molecule has 0 saturated carbocycles. The lowest BCUT2D eigenvalue weighted by Crippen LogP contribution is -2.22. The number of hydrogen-bond acceptors (Lipinski definition) is 4. The molecule has 0 amide bonds. The number of nitrogens with two attached hydrogens (primary N) is 1. The van der Waals surface area contributed by atoms with Gasteiger partial charge in [0.15, 0.2) is 0 Å². The van der Waals surface area contributed by atoms with E-state index >= 15 is 0 Å². The molecule has 19 heavy (non-hydrogen) atoms. The predicted molar refractivity (Wildman–Crippen MR) is 71.0 cm³/mol. The monoisotopic (exact) mass is 284 g/mol. The van der Waals surface area contributed by atoms with Crippen molar-refractivity contribution in [1.82, 2.24) is 0 Å². The summed E-state index contributed by atoms with van der Waals surface area (Å²) in [5.41, 5.74) is 1.09. The fourth-order valence-electron chi connectivity index (χ4n) is 2.38. The van der Waals surface area contributed by atoms with E-state index in [0.717, 1.165) is 32.0 Å². The minimum absolute atomic E-state index is 0.0588. The van der Waals surface area contributed by atoms with Crippen molar-refractivity contribution in [3.63, 3.8) is 0 Å². The maximum atomic E-state index is 11.6. The summed E-state index contributed by atoms with van der Waals surface area (Å²) in [4.78, 5) is 13.0. The smallest absolute Gasteiger partial charge is 0.335 e. The minimum atomic E-state index is -3.93. The first-order valence-corrected chi connectivity index (χ1v) is 7.51. The minimum Gasteiger partial charge on any atom is -0.478 e. The lowest BCUT2D eigenvalue weighted by atomic mass is 10.1. The second kappa shape index (κ2) is 4.82. The lowest BCUT2D eigenvalue weighted by molar-refractivity contribution is 0.0696. The summed E-state index contributed by atoms with van der Waals surface area (Å²) in [7, 11) is -3.93. The third-order valence-corrected chi connectivity index (χ3v) is 4.37. The summed E-state index contributed by atoms with van der Waals surface area (Å²) in [5, 5.41) is 14.2. The maximum Gasteiger partial charge on any atom is 0.335 e. The van der Waals surface area contributed by atoms with Crippen LogP contribution in [0.1, 0.15) is 28.8 Å². The van der Waals surface area contributed by atoms with E-state index in [2.05, 4.69) is 0 Å². The molecule has 1 saturated heterocycles. The van der Waals surface area contributed by atoms with E-state index in [0.29, 0.717) is 11.3 Å². The number of carboxylic acids is 1. The first-order chi connectivity index (χ1) is 8.80. The van der Waals surface area contributed by atoms with E-state index in [4.69, 9.17) is 10.2 Å². The molecule has 7 heteroatoms. The lowest BCUT2D eigenvalue weighted by Gasteiger charge is -2.22. The molecule has 0 aliphatic carbocycles. The van der Waals surface area contributed by atoms with Crippen LogP contribution in [-0.2, 0) is 10.0 Å². The van der Waals surface area contributed by atoms with Gasteiger partial charge >= 0.3 is 5.97 Å². The molecule has 1 heterocycles. The van der Waals surface area contributed by atoms with Crippen LogP contribution in [0.3, 0.4) is 0 Å². The average molecular weight is 284 g/mol. The van der Waals surface area contributed by atoms with Gasteiger partial charge < -0.3 is 10.0 Å². The Morgan fingerprint density at radius 1 is 1.32 bits per heavy atom. The van der Waals surface area contributed by atoms with Crippen molar-refractivity contribution in [2.75, 3.05) is 18.0 Å². The van der Waals surface area contributed by atoms with Crippen molar-refractivity contribution in [3.05, 3.63) is 23.3 Å². The highest BCUT2D eigenvalue weighted by Crippen LogP contribution is 2.30. The Hall–Kier alpha value is -1.60. The third kappa shape index (κ3) is 2.71. The van der Waals surface area contributed by atoms with Gasteiger partial charge in [-0.3, -0.25) is 0 Å². The molecule has 6 nitrogen and oxygen atoms in total. The second-order valence-electron chi connectivity index (χ2n) is 4.66. The fourth-order valence-corrected chi connectivity index (χ4v) is 3.20. The van der Waals surface area contributed by atoms with Gasteiger partial charge in [0.05, 0.1) is 10.5 Å². The third-order valence-electron chi connectivity index (χ3n) is 3.33. The first kappa shape index (κ1) is 13.8. The summed E-state index contributed by atoms with van der Waals surface area (Å²) in [5.74, 6) is -1.16. The summed E-state index contributed by atoms with van der Waals surface area (Å²) in [6.07, 6.45) is 2.03. The van der Waals surface area contributed by atoms with Crippen molar-refractivity contribution in [2.45, 2.75) is 24.7 Å². The molecule has 0 spiro atoms. The Labute approximate surface area is 111 Å². The highest BCUT2D eigenvalue weighted by atomic mass is 32.2. The molecule has 0 radical (unpaired) electrons. The van der Waals surface area contributed by atoms with Crippen LogP contribution in [0, 0.1) is 6.92 Å². The molecule has 3 N–H and O–H groups in total. The Morgan fingerprint density at radius 2 is 1.89 bits per heavy atom. The van der Waals surface area contributed by atoms with Gasteiger partial charge in [-0.2, -0.15) is 0 Å². The number of rotatable bonds is 3. The number of carbonyl (C=O) groups is 1. The molecule has 1 aliphatic rings. The van der Waals surface area contributed by atoms with Gasteiger partial charge in [-0.25, -0.2) is 18.4 Å². The summed E-state index contributed by atoms with van der Waals surface area (Å²) in [6, 6.07) is 2.63. The molecule has 1 aromatic carbocycles. The van der Waals surface area contributed by atoms with Crippen LogP contribution in [0.2, 0.25) is 0 Å². The van der Waals surface area contributed by atoms with E-state index in [-0.39, 0.29) is 10.5 Å². The van der Waals surface area contributed by atoms with E-state index in [9.17, 15) is 13.2 Å². The van der Waals surface area contributed by atoms with Crippen LogP contribution in [0.5, 0.6) is 0 Å². The highest BCUT2D eigenvalue weighted by Gasteiger charge is 2.22. The molecule has 0 aromatic heterocycles. The van der Waals surface area contributed by atoms with Gasteiger partial charge in [-0.05, 0) is 37.5 Å². The van der Waals surface area contributed by atoms with Crippen LogP contribution in [-0.4, -0.2) is 32.6 Å². The molecule has 0 atom stereocenters. The molecule has 1 aliphatic heterocycles. The average Bonchev–Trinajstić information content (AvgIpc) is 2.80. The van der Waals surface area contributed by atoms with Crippen molar-refractivity contribution >= 4 is 21.7 Å². The summed E-state index contributed by atoms with van der Waals surface area (Å²) >= 11 is 0. The molecule has 0 unspecified atom stereocenters. The van der Waals surface area contributed by atoms with Crippen molar-refractivity contribution in [2.24, 2.45) is 5.14 Å². The molecular weight excluding hydrogens is 268 g/mol. The van der Waals surface area contributed by atoms with Gasteiger partial charge in [0.2, 0.25) is 10.0 Å². The summed E-state index contributed by atoms with van der Waals surface area (Å²) < 4.78 is 23.1. The van der Waals surface area contributed by atoms with E-state index < -0.39 is 16.0 Å². The molecule has 1 aromatic rings. The molecule has 104 valence electrons. The number of hydrogen-bond donors (Lipinski definition) is 2. The largest absolute Gasteiger partial charge is 0.478 e. The van der Waals surface area contributed by atoms with Crippen LogP contribution >= 0.6 is 0 Å². The Kier molecular flexibility index (Phi) is 3.51. The molecular formula is C12H16N2O4S. The number of aromatic carboxylic acids is 1. The van der Waals surface area contributed by atoms with Crippen LogP contribution in [0.15, 0.2) is 17.0 Å². The zero-order valence-electron chi connectivity index (χ0n) is 10.6. The number of primary sulfonamides is 1. The van der Waals surface area contributed by atoms with Crippen molar-refractivity contribution < 1.29 is 18.3 Å². The van der Waals surface area contributed by atoms with Crippen molar-refractivity contribution in [1.29, 1.82) is 0 Å². The van der Waals surface area contributed by atoms with Crippen molar-refractivity contribution in [3.8, 4) is 0 Å². The second-order valence-corrected chi connectivity index (χ2v) is 6.19. The van der Waals surface area contributed by atoms with Crippen LogP contribution in [0.4, 0.5) is 5.69 Å². The zero-order chi connectivity index (χ0) is 14.2. The first-order valence-electron chi connectivity index (χ1n) is 5.96. The fraction of sp³-hybridized carbons (Fsp3) is 0.417. The number of sulfonamides is 1. The quantitative estimate of drug-likeness (QED) is 0.860. The summed E-state index contributed by atoms with van der Waals surface area (Å²) in [6.45, 7) is 3.25. The SMILES string of the molecule is Cc1c(N2CCCC2)cc(C(=O)O)cc1S(N)(=O)=O. The standard InChI is InChI=1S/C12H16N2O4S/c1-8-10(14-4-2-3-5-14)6-9(12(15)16)7-11(8)19(13,17)18/h6-7H,2-5H2,1H3,(H,15,16)(H2,13,17,18). The Balaban J connectivity index is 2.65. The number of benzene rings is 1. The van der Waals surface area contributed by atoms with Gasteiger partial charge in [-0.1, -0.05) is 0 Å². The zero-order valence-corrected chi connectivity index (χ0v) is 11.4. The topological polar surface area (TPSA) is 101 Å². The molecule has 1 fully saturated rings. The molecule has 2 rings (SSSR count). The predicted octanol–water partition coefficient (Wildman–Crippen LogP) is 0.941. The van der Waals surface area contributed by atoms with E-state index in [1.165, 1.54) is 6.07 Å². The van der Waals surface area contributed by atoms with Gasteiger partial charge in [-0.15, -0.1) is 0 Å². The maximum absolute atomic E-state index is 11.6. The Morgan fingerprint density at radius 3 is 2.37 bits per heavy atom. The number of carboxylic acid groups (broad SMARTS) is 1. The van der Waals surface area contributed by atoms with Crippen LogP contribution in [0.25, 0.3) is 0 Å². The number of nitrogens with zero attached hydrogens (tertiary/aromatic N) is 1. The Bertz CT molecular complexity index is 619. The number of anilines is 1. The van der Waals surface area contributed by atoms with E-state index in [1.54, 1.807) is 6.92 Å². The van der Waals surface area contributed by atoms with Gasteiger partial charge in [0, 0.05) is 18.8 Å². The van der Waals surface area contributed by atoms with E-state index in [1.807, 2.05) is 4.90 Å². The van der Waals surface area contributed by atoms with Gasteiger partial charge in [0.25, 0.3) is 0 Å². The normalized spacial score (nSPS) is 15.8. The van der Waals surface area contributed by atoms with Crippen LogP contribution < -0.4 is 10.0 Å².